The highest BCUT2D eigenvalue weighted by molar-refractivity contribution is 5.99. The van der Waals surface area contributed by atoms with Crippen molar-refractivity contribution in [1.29, 1.82) is 0 Å². The summed E-state index contributed by atoms with van der Waals surface area (Å²) in [6.45, 7) is 20.1. The van der Waals surface area contributed by atoms with Gasteiger partial charge in [0.2, 0.25) is 29.5 Å². The maximum Gasteiger partial charge on any atom is 0.251 e. The number of nitrogens with one attached hydrogen (secondary N) is 6. The van der Waals surface area contributed by atoms with Crippen molar-refractivity contribution >= 4 is 35.4 Å². The van der Waals surface area contributed by atoms with Crippen LogP contribution in [0.5, 0.6) is 0 Å². The number of benzene rings is 2. The molecule has 2 rings (SSSR count). The molecule has 5 atom stereocenters. The lowest BCUT2D eigenvalue weighted by Gasteiger charge is -2.27. The van der Waals surface area contributed by atoms with Crippen LogP contribution < -0.4 is 37.6 Å². The molecule has 0 fully saturated rings. The van der Waals surface area contributed by atoms with E-state index >= 15 is 0 Å². The van der Waals surface area contributed by atoms with E-state index in [0.29, 0.717) is 31.5 Å². The van der Waals surface area contributed by atoms with E-state index in [1.165, 1.54) is 6.92 Å². The first kappa shape index (κ1) is 56.2. The molecule has 0 saturated heterocycles. The summed E-state index contributed by atoms with van der Waals surface area (Å²) in [7, 11) is 1.97. The Labute approximate surface area is 388 Å². The first-order valence-electron chi connectivity index (χ1n) is 23.5. The Morgan fingerprint density at radius 3 is 1.83 bits per heavy atom. The molecular weight excluding hydrogens is 827 g/mol. The Bertz CT molecular complexity index is 1750. The number of unbranched alkanes of at least 4 members (excludes halogenated alkanes) is 1. The molecule has 0 aliphatic rings. The summed E-state index contributed by atoms with van der Waals surface area (Å²) < 4.78 is 0. The van der Waals surface area contributed by atoms with Crippen LogP contribution >= 0.6 is 0 Å². The summed E-state index contributed by atoms with van der Waals surface area (Å²) in [4.78, 5) is 86.3. The van der Waals surface area contributed by atoms with Gasteiger partial charge in [-0.2, -0.15) is 0 Å². The normalized spacial score (nSPS) is 13.9. The zero-order valence-corrected chi connectivity index (χ0v) is 40.6. The number of nitrogens with zero attached hydrogens (tertiary/aromatic N) is 2. The maximum atomic E-state index is 14.0. The second kappa shape index (κ2) is 29.6. The predicted molar refractivity (Wildman–Crippen MR) is 257 cm³/mol. The molecular formula is C49H81N9O7. The van der Waals surface area contributed by atoms with E-state index in [2.05, 4.69) is 76.3 Å². The lowest BCUT2D eigenvalue weighted by molar-refractivity contribution is -0.135. The first-order chi connectivity index (χ1) is 30.8. The highest BCUT2D eigenvalue weighted by Gasteiger charge is 2.32. The van der Waals surface area contributed by atoms with Crippen molar-refractivity contribution in [2.45, 2.75) is 136 Å². The fraction of sp³-hybridized carbons (Fsp3) is 0.633. The monoisotopic (exact) mass is 908 g/mol. The van der Waals surface area contributed by atoms with Crippen LogP contribution in [-0.4, -0.2) is 140 Å². The van der Waals surface area contributed by atoms with Crippen molar-refractivity contribution in [3.8, 4) is 0 Å². The van der Waals surface area contributed by atoms with Crippen LogP contribution in [0.4, 0.5) is 0 Å². The summed E-state index contributed by atoms with van der Waals surface area (Å²) in [5, 5.41) is 26.7. The molecule has 0 saturated carbocycles. The number of aliphatic hydroxyl groups excluding tert-OH is 1. The van der Waals surface area contributed by atoms with Gasteiger partial charge >= 0.3 is 0 Å². The number of carbonyl (C=O) groups excluding carboxylic acids is 6. The van der Waals surface area contributed by atoms with Gasteiger partial charge in [0, 0.05) is 18.5 Å². The molecule has 0 aromatic heterocycles. The molecule has 364 valence electrons. The lowest BCUT2D eigenvalue weighted by Crippen LogP contribution is -2.59. The molecule has 0 heterocycles. The lowest BCUT2D eigenvalue weighted by atomic mass is 9.86. The summed E-state index contributed by atoms with van der Waals surface area (Å²) in [5.74, 6) is -3.50. The molecule has 2 aromatic rings. The summed E-state index contributed by atoms with van der Waals surface area (Å²) in [5.41, 5.74) is 7.74. The topological polar surface area (TPSA) is 227 Å². The minimum Gasteiger partial charge on any atom is -0.394 e. The van der Waals surface area contributed by atoms with Gasteiger partial charge in [-0.1, -0.05) is 90.9 Å². The van der Waals surface area contributed by atoms with Crippen molar-refractivity contribution < 1.29 is 33.9 Å². The number of hydrogen-bond donors (Lipinski definition) is 8. The van der Waals surface area contributed by atoms with E-state index in [4.69, 9.17) is 5.73 Å². The van der Waals surface area contributed by atoms with Gasteiger partial charge < -0.3 is 52.5 Å². The standard InChI is InChI=1S/C49H81N9O7/c1-10-58(11-2)30-16-15-21-39(46(63)56-42(33-59)45(62)51-27-18-29-57(9)28-17-26-50)53-48(65)40(31-34(3)4)54-43(60)35(5)52-47(64)41(32-36-19-13-12-14-20-36)55-44(61)37-22-24-38(25-23-37)49(6,7)8/h12-14,19-20,22-25,34-35,39-42,59H,10-11,15-18,21,26-33,50H2,1-9H3,(H,51,62)(H,52,64)(H,53,65)(H,54,60)(H,55,61)(H,56,63). The number of carbonyl (C=O) groups is 6. The van der Waals surface area contributed by atoms with Gasteiger partial charge in [-0.05, 0) is 126 Å². The summed E-state index contributed by atoms with van der Waals surface area (Å²) in [6.07, 6.45) is 3.49. The Balaban J connectivity index is 2.22. The molecule has 2 aromatic carbocycles. The molecule has 0 radical (unpaired) electrons. The zero-order valence-electron chi connectivity index (χ0n) is 40.6. The third kappa shape index (κ3) is 21.3. The Morgan fingerprint density at radius 1 is 0.662 bits per heavy atom. The molecule has 16 nitrogen and oxygen atoms in total. The smallest absolute Gasteiger partial charge is 0.251 e. The second-order valence-electron chi connectivity index (χ2n) is 18.4. The third-order valence-electron chi connectivity index (χ3n) is 11.3. The molecule has 16 heteroatoms. The number of hydrogen-bond acceptors (Lipinski definition) is 10. The van der Waals surface area contributed by atoms with Crippen molar-refractivity contribution in [2.75, 3.05) is 59.5 Å². The largest absolute Gasteiger partial charge is 0.394 e. The molecule has 5 unspecified atom stereocenters. The van der Waals surface area contributed by atoms with E-state index in [1.807, 2.05) is 63.4 Å². The predicted octanol–water partition coefficient (Wildman–Crippen LogP) is 2.62. The quantitative estimate of drug-likeness (QED) is 0.0535. The number of amides is 6. The Hall–Kier alpha value is -4.90. The van der Waals surface area contributed by atoms with E-state index in [-0.39, 0.29) is 30.6 Å². The molecule has 0 spiro atoms. The van der Waals surface area contributed by atoms with Crippen molar-refractivity contribution in [3.63, 3.8) is 0 Å². The molecule has 0 aliphatic carbocycles. The highest BCUT2D eigenvalue weighted by Crippen LogP contribution is 2.22. The molecule has 6 amide bonds. The van der Waals surface area contributed by atoms with Crippen LogP contribution in [0.3, 0.4) is 0 Å². The minimum absolute atomic E-state index is 0.0527. The Kier molecular flexibility index (Phi) is 25.6. The maximum absolute atomic E-state index is 14.0. The van der Waals surface area contributed by atoms with Crippen molar-refractivity contribution in [1.82, 2.24) is 41.7 Å². The fourth-order valence-electron chi connectivity index (χ4n) is 7.19. The SMILES string of the molecule is CCN(CC)CCCCC(NC(=O)C(CC(C)C)NC(=O)C(C)NC(=O)C(Cc1ccccc1)NC(=O)c1ccc(C(C)(C)C)cc1)C(=O)NC(CO)C(=O)NCCCN(C)CCCN. The fourth-order valence-corrected chi connectivity index (χ4v) is 7.19. The molecule has 65 heavy (non-hydrogen) atoms. The van der Waals surface area contributed by atoms with Gasteiger partial charge in [0.1, 0.15) is 30.2 Å². The average Bonchev–Trinajstić information content (AvgIpc) is 3.27. The molecule has 0 aliphatic heterocycles. The van der Waals surface area contributed by atoms with Crippen LogP contribution in [-0.2, 0) is 35.8 Å². The van der Waals surface area contributed by atoms with Crippen LogP contribution in [0.2, 0.25) is 0 Å². The van der Waals surface area contributed by atoms with E-state index in [0.717, 1.165) is 56.7 Å². The summed E-state index contributed by atoms with van der Waals surface area (Å²) >= 11 is 0. The van der Waals surface area contributed by atoms with Gasteiger partial charge in [-0.25, -0.2) is 0 Å². The van der Waals surface area contributed by atoms with E-state index in [9.17, 15) is 33.9 Å². The van der Waals surface area contributed by atoms with Crippen LogP contribution in [0.25, 0.3) is 0 Å². The van der Waals surface area contributed by atoms with Crippen LogP contribution in [0.15, 0.2) is 54.6 Å². The highest BCUT2D eigenvalue weighted by atomic mass is 16.3. The van der Waals surface area contributed by atoms with Gasteiger partial charge in [-0.15, -0.1) is 0 Å². The molecule has 0 bridgehead atoms. The summed E-state index contributed by atoms with van der Waals surface area (Å²) in [6, 6.07) is 10.9. The van der Waals surface area contributed by atoms with Gasteiger partial charge in [0.15, 0.2) is 0 Å². The minimum atomic E-state index is -1.24. The Morgan fingerprint density at radius 2 is 1.25 bits per heavy atom. The van der Waals surface area contributed by atoms with Gasteiger partial charge in [-0.3, -0.25) is 28.8 Å². The van der Waals surface area contributed by atoms with Crippen molar-refractivity contribution in [3.05, 3.63) is 71.3 Å². The van der Waals surface area contributed by atoms with Crippen molar-refractivity contribution in [2.24, 2.45) is 11.7 Å². The van der Waals surface area contributed by atoms with E-state index in [1.54, 1.807) is 12.1 Å². The van der Waals surface area contributed by atoms with E-state index < -0.39 is 72.3 Å². The van der Waals surface area contributed by atoms with Crippen LogP contribution in [0.1, 0.15) is 115 Å². The zero-order chi connectivity index (χ0) is 48.5. The number of aliphatic hydroxyl groups is 1. The number of rotatable bonds is 30. The van der Waals surface area contributed by atoms with Crippen LogP contribution in [0, 0.1) is 5.92 Å². The number of nitrogens with two attached hydrogens (primary N) is 1. The van der Waals surface area contributed by atoms with Gasteiger partial charge in [0.05, 0.1) is 6.61 Å². The third-order valence-corrected chi connectivity index (χ3v) is 11.3. The second-order valence-corrected chi connectivity index (χ2v) is 18.4. The van der Waals surface area contributed by atoms with Gasteiger partial charge in [0.25, 0.3) is 5.91 Å². The first-order valence-corrected chi connectivity index (χ1v) is 23.5. The molecule has 9 N–H and O–H groups in total. The average molecular weight is 908 g/mol.